The van der Waals surface area contributed by atoms with Crippen LogP contribution in [0, 0.1) is 5.92 Å². The zero-order chi connectivity index (χ0) is 17.4. The number of urea groups is 1. The Morgan fingerprint density at radius 3 is 2.54 bits per heavy atom. The van der Waals surface area contributed by atoms with Crippen LogP contribution in [0.4, 0.5) is 4.79 Å². The molecule has 0 radical (unpaired) electrons. The average molecular weight is 336 g/mol. The Kier molecular flexibility index (Phi) is 7.18. The summed E-state index contributed by atoms with van der Waals surface area (Å²) < 4.78 is 10.4. The first-order valence-electron chi connectivity index (χ1n) is 8.54. The van der Waals surface area contributed by atoms with Crippen LogP contribution in [0.15, 0.2) is 18.2 Å². The molecule has 6 heteroatoms. The van der Waals surface area contributed by atoms with Gasteiger partial charge >= 0.3 is 6.03 Å². The number of aliphatic hydroxyl groups excluding tert-OH is 1. The number of nitrogens with one attached hydrogen (secondary N) is 2. The van der Waals surface area contributed by atoms with Crippen LogP contribution < -0.4 is 20.1 Å². The van der Waals surface area contributed by atoms with E-state index >= 15 is 0 Å². The molecule has 6 nitrogen and oxygen atoms in total. The summed E-state index contributed by atoms with van der Waals surface area (Å²) in [5.41, 5.74) is 0.913. The summed E-state index contributed by atoms with van der Waals surface area (Å²) in [4.78, 5) is 11.9. The average Bonchev–Trinajstić information content (AvgIpc) is 2.64. The lowest BCUT2D eigenvalue weighted by Crippen LogP contribution is -2.41. The molecule has 1 fully saturated rings. The predicted octanol–water partition coefficient (Wildman–Crippen LogP) is 2.44. The van der Waals surface area contributed by atoms with Gasteiger partial charge in [-0.2, -0.15) is 0 Å². The molecule has 0 saturated heterocycles. The maximum atomic E-state index is 11.9. The molecule has 0 heterocycles. The fourth-order valence-corrected chi connectivity index (χ4v) is 3.12. The molecule has 0 bridgehead atoms. The lowest BCUT2D eigenvalue weighted by atomic mass is 9.85. The van der Waals surface area contributed by atoms with Gasteiger partial charge in [0.2, 0.25) is 0 Å². The van der Waals surface area contributed by atoms with Crippen LogP contribution >= 0.6 is 0 Å². The van der Waals surface area contributed by atoms with Crippen molar-refractivity contribution in [1.29, 1.82) is 0 Å². The van der Waals surface area contributed by atoms with E-state index in [9.17, 15) is 9.90 Å². The number of hydrogen-bond acceptors (Lipinski definition) is 4. The van der Waals surface area contributed by atoms with Gasteiger partial charge < -0.3 is 25.2 Å². The molecule has 0 spiro atoms. The molecule has 1 aromatic carbocycles. The second-order valence-electron chi connectivity index (χ2n) is 6.22. The first-order valence-corrected chi connectivity index (χ1v) is 8.54. The topological polar surface area (TPSA) is 79.8 Å². The Balaban J connectivity index is 1.74. The van der Waals surface area contributed by atoms with Crippen LogP contribution in [0.1, 0.15) is 37.7 Å². The maximum Gasteiger partial charge on any atom is 0.315 e. The van der Waals surface area contributed by atoms with E-state index in [1.807, 2.05) is 12.1 Å². The summed E-state index contributed by atoms with van der Waals surface area (Å²) in [6.45, 7) is 0.675. The highest BCUT2D eigenvalue weighted by Crippen LogP contribution is 2.27. The molecule has 0 aliphatic heterocycles. The van der Waals surface area contributed by atoms with Crippen molar-refractivity contribution in [3.8, 4) is 11.5 Å². The summed E-state index contributed by atoms with van der Waals surface area (Å²) in [7, 11) is 3.16. The number of hydrogen-bond donors (Lipinski definition) is 3. The minimum atomic E-state index is -0.461. The fourth-order valence-electron chi connectivity index (χ4n) is 3.12. The van der Waals surface area contributed by atoms with Crippen molar-refractivity contribution in [3.05, 3.63) is 23.8 Å². The molecule has 1 saturated carbocycles. The van der Waals surface area contributed by atoms with Crippen LogP contribution in [0.3, 0.4) is 0 Å². The number of amides is 2. The molecule has 3 N–H and O–H groups in total. The number of aliphatic hydroxyl groups is 1. The van der Waals surface area contributed by atoms with Gasteiger partial charge in [-0.3, -0.25) is 0 Å². The van der Waals surface area contributed by atoms with E-state index in [1.165, 1.54) is 19.3 Å². The second kappa shape index (κ2) is 9.37. The number of carbonyl (C=O) groups is 1. The van der Waals surface area contributed by atoms with Crippen LogP contribution in [-0.2, 0) is 6.54 Å². The molecule has 1 aromatic rings. The number of rotatable bonds is 7. The van der Waals surface area contributed by atoms with E-state index in [4.69, 9.17) is 9.47 Å². The van der Waals surface area contributed by atoms with E-state index in [0.717, 1.165) is 18.4 Å². The number of benzene rings is 1. The zero-order valence-electron chi connectivity index (χ0n) is 14.5. The highest BCUT2D eigenvalue weighted by molar-refractivity contribution is 5.73. The molecular weight excluding hydrogens is 308 g/mol. The Labute approximate surface area is 143 Å². The third kappa shape index (κ3) is 5.30. The fraction of sp³-hybridized carbons (Fsp3) is 0.611. The maximum absolute atomic E-state index is 11.9. The second-order valence-corrected chi connectivity index (χ2v) is 6.22. The smallest absolute Gasteiger partial charge is 0.315 e. The van der Waals surface area contributed by atoms with Crippen LogP contribution in [0.2, 0.25) is 0 Å². The van der Waals surface area contributed by atoms with Gasteiger partial charge in [0.25, 0.3) is 0 Å². The standard InChI is InChI=1S/C18H28N2O4/c1-23-16-9-8-13(10-17(16)24-2)11-19-18(22)20-12-15(21)14-6-4-3-5-7-14/h8-10,14-15,21H,3-7,11-12H2,1-2H3,(H2,19,20,22)/t15-/m0/s1. The summed E-state index contributed by atoms with van der Waals surface area (Å²) in [5.74, 6) is 1.59. The van der Waals surface area contributed by atoms with Crippen molar-refractivity contribution in [2.24, 2.45) is 5.92 Å². The van der Waals surface area contributed by atoms with Gasteiger partial charge in [-0.25, -0.2) is 4.79 Å². The SMILES string of the molecule is COc1ccc(CNC(=O)NC[C@H](O)C2CCCCC2)cc1OC. The van der Waals surface area contributed by atoms with Gasteiger partial charge in [-0.05, 0) is 36.5 Å². The Bertz CT molecular complexity index is 530. The van der Waals surface area contributed by atoms with Crippen molar-refractivity contribution in [2.75, 3.05) is 20.8 Å². The molecular formula is C18H28N2O4. The minimum Gasteiger partial charge on any atom is -0.493 e. The van der Waals surface area contributed by atoms with Gasteiger partial charge in [0.1, 0.15) is 0 Å². The first kappa shape index (κ1) is 18.4. The van der Waals surface area contributed by atoms with Crippen LogP contribution in [-0.4, -0.2) is 38.0 Å². The highest BCUT2D eigenvalue weighted by atomic mass is 16.5. The molecule has 0 aromatic heterocycles. The number of carbonyl (C=O) groups excluding carboxylic acids is 1. The van der Waals surface area contributed by atoms with Crippen molar-refractivity contribution < 1.29 is 19.4 Å². The van der Waals surface area contributed by atoms with Crippen molar-refractivity contribution in [1.82, 2.24) is 10.6 Å². The first-order chi connectivity index (χ1) is 11.6. The van der Waals surface area contributed by atoms with Gasteiger partial charge in [0.05, 0.1) is 20.3 Å². The quantitative estimate of drug-likeness (QED) is 0.714. The van der Waals surface area contributed by atoms with Gasteiger partial charge in [0.15, 0.2) is 11.5 Å². The van der Waals surface area contributed by atoms with Crippen molar-refractivity contribution >= 4 is 6.03 Å². The molecule has 0 unspecified atom stereocenters. The number of methoxy groups -OCH3 is 2. The largest absolute Gasteiger partial charge is 0.493 e. The van der Waals surface area contributed by atoms with Crippen LogP contribution in [0.25, 0.3) is 0 Å². The van der Waals surface area contributed by atoms with E-state index in [0.29, 0.717) is 30.5 Å². The van der Waals surface area contributed by atoms with Gasteiger partial charge in [0, 0.05) is 13.1 Å². The molecule has 24 heavy (non-hydrogen) atoms. The van der Waals surface area contributed by atoms with Crippen molar-refractivity contribution in [2.45, 2.75) is 44.8 Å². The highest BCUT2D eigenvalue weighted by Gasteiger charge is 2.21. The molecule has 2 rings (SSSR count). The third-order valence-electron chi connectivity index (χ3n) is 4.57. The molecule has 1 atom stereocenters. The lowest BCUT2D eigenvalue weighted by molar-refractivity contribution is 0.0858. The van der Waals surface area contributed by atoms with Crippen molar-refractivity contribution in [3.63, 3.8) is 0 Å². The molecule has 2 amide bonds. The summed E-state index contributed by atoms with van der Waals surface area (Å²) >= 11 is 0. The van der Waals surface area contributed by atoms with E-state index < -0.39 is 6.10 Å². The van der Waals surface area contributed by atoms with Crippen LogP contribution in [0.5, 0.6) is 11.5 Å². The third-order valence-corrected chi connectivity index (χ3v) is 4.57. The predicted molar refractivity (Wildman–Crippen MR) is 92.4 cm³/mol. The summed E-state index contributed by atoms with van der Waals surface area (Å²) in [5, 5.41) is 15.7. The summed E-state index contributed by atoms with van der Waals surface area (Å²) in [6.07, 6.45) is 5.24. The van der Waals surface area contributed by atoms with E-state index in [2.05, 4.69) is 10.6 Å². The Morgan fingerprint density at radius 2 is 1.88 bits per heavy atom. The number of ether oxygens (including phenoxy) is 2. The van der Waals surface area contributed by atoms with Gasteiger partial charge in [-0.1, -0.05) is 25.3 Å². The minimum absolute atomic E-state index is 0.278. The Hall–Kier alpha value is -1.95. The normalized spacial score (nSPS) is 16.3. The molecule has 1 aliphatic carbocycles. The van der Waals surface area contributed by atoms with Gasteiger partial charge in [-0.15, -0.1) is 0 Å². The van der Waals surface area contributed by atoms with E-state index in [1.54, 1.807) is 20.3 Å². The monoisotopic (exact) mass is 336 g/mol. The lowest BCUT2D eigenvalue weighted by Gasteiger charge is -2.26. The zero-order valence-corrected chi connectivity index (χ0v) is 14.5. The molecule has 1 aliphatic rings. The Morgan fingerprint density at radius 1 is 1.17 bits per heavy atom. The summed E-state index contributed by atoms with van der Waals surface area (Å²) in [6, 6.07) is 5.23. The van der Waals surface area contributed by atoms with E-state index in [-0.39, 0.29) is 6.03 Å². The molecule has 134 valence electrons.